The van der Waals surface area contributed by atoms with Gasteiger partial charge in [-0.05, 0) is 37.5 Å². The molecule has 1 N–H and O–H groups in total. The number of aromatic nitrogens is 2. The molecule has 8 heteroatoms. The fourth-order valence-corrected chi connectivity index (χ4v) is 4.93. The molecule has 0 saturated heterocycles. The third kappa shape index (κ3) is 4.31. The molecule has 1 aromatic heterocycles. The molecule has 26 heavy (non-hydrogen) atoms. The number of aliphatic hydroxyl groups excluding tert-OH is 1. The lowest BCUT2D eigenvalue weighted by Crippen LogP contribution is -2.38. The Labute approximate surface area is 154 Å². The van der Waals surface area contributed by atoms with Crippen LogP contribution in [-0.2, 0) is 17.1 Å². The summed E-state index contributed by atoms with van der Waals surface area (Å²) in [4.78, 5) is 0.173. The normalized spacial score (nSPS) is 13.6. The Hall–Kier alpha value is -1.77. The molecule has 6 nitrogen and oxygen atoms in total. The summed E-state index contributed by atoms with van der Waals surface area (Å²) < 4.78 is 42.4. The second-order valence-electron chi connectivity index (χ2n) is 6.91. The van der Waals surface area contributed by atoms with Crippen molar-refractivity contribution in [2.45, 2.75) is 38.7 Å². The summed E-state index contributed by atoms with van der Waals surface area (Å²) in [7, 11) is -2.14. The largest absolute Gasteiger partial charge is 0.387 e. The molecule has 144 valence electrons. The third-order valence-electron chi connectivity index (χ3n) is 4.24. The van der Waals surface area contributed by atoms with Crippen LogP contribution in [0.1, 0.15) is 36.9 Å². The van der Waals surface area contributed by atoms with Gasteiger partial charge in [-0.1, -0.05) is 26.0 Å². The maximum atomic E-state index is 13.2. The highest BCUT2D eigenvalue weighted by Gasteiger charge is 2.32. The first kappa shape index (κ1) is 20.5. The average Bonchev–Trinajstić information content (AvgIpc) is 2.79. The van der Waals surface area contributed by atoms with Crippen LogP contribution in [0.15, 0.2) is 29.2 Å². The standard InChI is InChI=1S/C18H26FN3O3S/c1-12(2)10-22(11-17(23)15-6-8-16(19)9-7-15)26(24,25)18-13(3)20-21(5)14(18)4/h6-9,12,17,23H,10-11H2,1-5H3/t17-/m0/s1. The minimum atomic E-state index is -3.83. The molecule has 0 saturated carbocycles. The molecule has 0 radical (unpaired) electrons. The zero-order valence-corrected chi connectivity index (χ0v) is 16.6. The summed E-state index contributed by atoms with van der Waals surface area (Å²) >= 11 is 0. The van der Waals surface area contributed by atoms with Crippen LogP contribution in [-0.4, -0.2) is 40.7 Å². The van der Waals surface area contributed by atoms with Crippen molar-refractivity contribution in [3.05, 3.63) is 47.0 Å². The number of hydrogen-bond acceptors (Lipinski definition) is 4. The van der Waals surface area contributed by atoms with Crippen LogP contribution in [0.25, 0.3) is 0 Å². The highest BCUT2D eigenvalue weighted by atomic mass is 32.2. The van der Waals surface area contributed by atoms with E-state index in [0.29, 0.717) is 17.0 Å². The van der Waals surface area contributed by atoms with Crippen molar-refractivity contribution in [2.24, 2.45) is 13.0 Å². The van der Waals surface area contributed by atoms with E-state index in [1.54, 1.807) is 20.9 Å². The number of aliphatic hydroxyl groups is 1. The number of aryl methyl sites for hydroxylation is 2. The van der Waals surface area contributed by atoms with Crippen molar-refractivity contribution in [3.8, 4) is 0 Å². The number of rotatable bonds is 7. The van der Waals surface area contributed by atoms with Gasteiger partial charge in [0.05, 0.1) is 17.5 Å². The van der Waals surface area contributed by atoms with Gasteiger partial charge in [-0.3, -0.25) is 4.68 Å². The molecule has 2 rings (SSSR count). The van der Waals surface area contributed by atoms with Crippen LogP contribution in [0.2, 0.25) is 0 Å². The van der Waals surface area contributed by atoms with Crippen molar-refractivity contribution in [2.75, 3.05) is 13.1 Å². The predicted octanol–water partition coefficient (Wildman–Crippen LogP) is 2.56. The van der Waals surface area contributed by atoms with E-state index in [1.807, 2.05) is 13.8 Å². The fourth-order valence-electron chi connectivity index (χ4n) is 2.92. The Bertz CT molecular complexity index is 861. The van der Waals surface area contributed by atoms with Crippen molar-refractivity contribution >= 4 is 10.0 Å². The van der Waals surface area contributed by atoms with Crippen LogP contribution in [0.3, 0.4) is 0 Å². The lowest BCUT2D eigenvalue weighted by molar-refractivity contribution is 0.143. The molecule has 0 aliphatic heterocycles. The molecular formula is C18H26FN3O3S. The van der Waals surface area contributed by atoms with Gasteiger partial charge in [0.2, 0.25) is 10.0 Å². The molecule has 0 amide bonds. The van der Waals surface area contributed by atoms with Gasteiger partial charge in [-0.15, -0.1) is 0 Å². The summed E-state index contributed by atoms with van der Waals surface area (Å²) in [5.74, 6) is -0.336. The Morgan fingerprint density at radius 3 is 2.23 bits per heavy atom. The number of halogens is 1. The van der Waals surface area contributed by atoms with Gasteiger partial charge in [-0.2, -0.15) is 9.40 Å². The van der Waals surface area contributed by atoms with Gasteiger partial charge in [0.1, 0.15) is 10.7 Å². The lowest BCUT2D eigenvalue weighted by atomic mass is 10.1. The molecule has 0 fully saturated rings. The summed E-state index contributed by atoms with van der Waals surface area (Å²) in [5.41, 5.74) is 1.44. The third-order valence-corrected chi connectivity index (χ3v) is 6.33. The fraction of sp³-hybridized carbons (Fsp3) is 0.500. The van der Waals surface area contributed by atoms with Crippen molar-refractivity contribution < 1.29 is 17.9 Å². The van der Waals surface area contributed by atoms with Crippen molar-refractivity contribution in [1.82, 2.24) is 14.1 Å². The number of benzene rings is 1. The molecule has 1 heterocycles. The molecular weight excluding hydrogens is 357 g/mol. The maximum Gasteiger partial charge on any atom is 0.246 e. The first-order valence-electron chi connectivity index (χ1n) is 8.48. The van der Waals surface area contributed by atoms with E-state index in [2.05, 4.69) is 5.10 Å². The lowest BCUT2D eigenvalue weighted by Gasteiger charge is -2.26. The predicted molar refractivity (Wildman–Crippen MR) is 97.6 cm³/mol. The number of nitrogens with zero attached hydrogens (tertiary/aromatic N) is 3. The van der Waals surface area contributed by atoms with Crippen molar-refractivity contribution in [1.29, 1.82) is 0 Å². The first-order chi connectivity index (χ1) is 12.0. The summed E-state index contributed by atoms with van der Waals surface area (Å²) in [6.45, 7) is 7.33. The molecule has 1 aromatic carbocycles. The molecule has 2 aromatic rings. The summed E-state index contributed by atoms with van der Waals surface area (Å²) in [5, 5.41) is 14.7. The average molecular weight is 383 g/mol. The van der Waals surface area contributed by atoms with Gasteiger partial charge in [-0.25, -0.2) is 12.8 Å². The molecule has 1 atom stereocenters. The van der Waals surface area contributed by atoms with Crippen LogP contribution in [0.4, 0.5) is 4.39 Å². The van der Waals surface area contributed by atoms with Crippen LogP contribution < -0.4 is 0 Å². The number of sulfonamides is 1. The Morgan fingerprint density at radius 1 is 1.19 bits per heavy atom. The van der Waals surface area contributed by atoms with E-state index < -0.39 is 21.9 Å². The molecule has 0 aliphatic carbocycles. The van der Waals surface area contributed by atoms with Crippen LogP contribution in [0, 0.1) is 25.6 Å². The second kappa shape index (κ2) is 7.85. The zero-order chi connectivity index (χ0) is 19.6. The Morgan fingerprint density at radius 2 is 1.77 bits per heavy atom. The van der Waals surface area contributed by atoms with Gasteiger partial charge < -0.3 is 5.11 Å². The van der Waals surface area contributed by atoms with Gasteiger partial charge in [0.15, 0.2) is 0 Å². The quantitative estimate of drug-likeness (QED) is 0.797. The topological polar surface area (TPSA) is 75.4 Å². The minimum absolute atomic E-state index is 0.0717. The van der Waals surface area contributed by atoms with E-state index in [9.17, 15) is 17.9 Å². The van der Waals surface area contributed by atoms with Crippen LogP contribution >= 0.6 is 0 Å². The zero-order valence-electron chi connectivity index (χ0n) is 15.8. The van der Waals surface area contributed by atoms with E-state index >= 15 is 0 Å². The Kier molecular flexibility index (Phi) is 6.21. The summed E-state index contributed by atoms with van der Waals surface area (Å²) in [6.07, 6.45) is -1.05. The van der Waals surface area contributed by atoms with E-state index in [4.69, 9.17) is 0 Å². The minimum Gasteiger partial charge on any atom is -0.387 e. The van der Waals surface area contributed by atoms with Crippen LogP contribution in [0.5, 0.6) is 0 Å². The van der Waals surface area contributed by atoms with Gasteiger partial charge in [0.25, 0.3) is 0 Å². The highest BCUT2D eigenvalue weighted by molar-refractivity contribution is 7.89. The maximum absolute atomic E-state index is 13.2. The van der Waals surface area contributed by atoms with E-state index in [-0.39, 0.29) is 23.9 Å². The number of hydrogen-bond donors (Lipinski definition) is 1. The first-order valence-corrected chi connectivity index (χ1v) is 9.92. The van der Waals surface area contributed by atoms with E-state index in [1.165, 1.54) is 33.3 Å². The highest BCUT2D eigenvalue weighted by Crippen LogP contribution is 2.26. The summed E-state index contributed by atoms with van der Waals surface area (Å²) in [6, 6.07) is 5.41. The monoisotopic (exact) mass is 383 g/mol. The van der Waals surface area contributed by atoms with Crippen molar-refractivity contribution in [3.63, 3.8) is 0 Å². The molecule has 0 spiro atoms. The van der Waals surface area contributed by atoms with Gasteiger partial charge >= 0.3 is 0 Å². The second-order valence-corrected chi connectivity index (χ2v) is 8.78. The molecule has 0 aliphatic rings. The smallest absolute Gasteiger partial charge is 0.246 e. The van der Waals surface area contributed by atoms with Gasteiger partial charge in [0, 0.05) is 20.1 Å². The van der Waals surface area contributed by atoms with E-state index in [0.717, 1.165) is 0 Å². The molecule has 0 unspecified atom stereocenters. The molecule has 0 bridgehead atoms. The Balaban J connectivity index is 2.38. The SMILES string of the molecule is Cc1nn(C)c(C)c1S(=O)(=O)N(CC(C)C)C[C@H](O)c1ccc(F)cc1.